The van der Waals surface area contributed by atoms with Gasteiger partial charge in [0.05, 0.1) is 0 Å². The van der Waals surface area contributed by atoms with E-state index in [1.54, 1.807) is 0 Å². The maximum absolute atomic E-state index is 0. The van der Waals surface area contributed by atoms with Gasteiger partial charge in [0.2, 0.25) is 0 Å². The van der Waals surface area contributed by atoms with Crippen molar-refractivity contribution in [2.75, 3.05) is 0 Å². The van der Waals surface area contributed by atoms with Gasteiger partial charge in [0.25, 0.3) is 0 Å². The Balaban J connectivity index is 0. The van der Waals surface area contributed by atoms with Crippen LogP contribution >= 0.6 is 0 Å². The van der Waals surface area contributed by atoms with Gasteiger partial charge in [-0.3, -0.25) is 0 Å². The predicted molar refractivity (Wildman–Crippen MR) is 8.38 cm³/mol. The molecule has 2 nitrogen and oxygen atoms in total. The van der Waals surface area contributed by atoms with Crippen molar-refractivity contribution in [2.24, 2.45) is 0 Å². The third-order valence-corrected chi connectivity index (χ3v) is 0. The van der Waals surface area contributed by atoms with Crippen molar-refractivity contribution in [2.45, 2.75) is 0 Å². The smallest absolute Gasteiger partial charge is 2.00 e. The van der Waals surface area contributed by atoms with Crippen LogP contribution < -0.4 is 0 Å². The molecule has 0 bridgehead atoms. The van der Waals surface area contributed by atoms with Crippen molar-refractivity contribution in [3.8, 4) is 0 Å². The van der Waals surface area contributed by atoms with Crippen LogP contribution in [0.5, 0.6) is 0 Å². The molecule has 0 aliphatic heterocycles. The summed E-state index contributed by atoms with van der Waals surface area (Å²) in [5.41, 5.74) is 0. The second-order valence-electron chi connectivity index (χ2n) is 0. The minimum atomic E-state index is 0. The van der Waals surface area contributed by atoms with Crippen LogP contribution in [0.4, 0.5) is 0 Å². The van der Waals surface area contributed by atoms with Crippen molar-refractivity contribution in [1.29, 1.82) is 0 Å². The van der Waals surface area contributed by atoms with Crippen molar-refractivity contribution in [3.63, 3.8) is 0 Å². The van der Waals surface area contributed by atoms with Gasteiger partial charge in [-0.15, -0.1) is 0 Å². The minimum absolute atomic E-state index is 0. The monoisotopic (exact) mass is 116 g/mol. The summed E-state index contributed by atoms with van der Waals surface area (Å²) in [4.78, 5) is 0. The first-order valence-corrected chi connectivity index (χ1v) is 0. The first-order chi connectivity index (χ1) is 0. The second kappa shape index (κ2) is 37.1. The van der Waals surface area contributed by atoms with E-state index in [9.17, 15) is 0 Å². The van der Waals surface area contributed by atoms with Gasteiger partial charge in [0.1, 0.15) is 0 Å². The summed E-state index contributed by atoms with van der Waals surface area (Å²) in [5.74, 6) is 0. The summed E-state index contributed by atoms with van der Waals surface area (Å²) >= 11 is 0. The summed E-state index contributed by atoms with van der Waals surface area (Å²) in [6, 6.07) is 0. The molecule has 0 radical (unpaired) electrons. The molecular formula is HAlFeO2. The van der Waals surface area contributed by atoms with Gasteiger partial charge in [-0.25, -0.2) is 0 Å². The third-order valence-electron chi connectivity index (χ3n) is 0. The molecule has 0 saturated heterocycles. The molecule has 0 aliphatic carbocycles. The van der Waals surface area contributed by atoms with Crippen molar-refractivity contribution in [3.05, 3.63) is 0 Å². The zero-order valence-electron chi connectivity index (χ0n) is 1.79. The molecule has 0 unspecified atom stereocenters. The summed E-state index contributed by atoms with van der Waals surface area (Å²) in [6.07, 6.45) is 0. The van der Waals surface area contributed by atoms with Gasteiger partial charge in [-0.2, -0.15) is 0 Å². The quantitative estimate of drug-likeness (QED) is 0.386. The Morgan fingerprint density at radius 1 is 1.00 bits per heavy atom. The van der Waals surface area contributed by atoms with Crippen molar-refractivity contribution < 1.29 is 28.0 Å². The molecule has 0 rings (SSSR count). The molecule has 0 amide bonds. The van der Waals surface area contributed by atoms with Crippen molar-refractivity contribution in [1.82, 2.24) is 0 Å². The number of rotatable bonds is 0. The average molecular weight is 116 g/mol. The molecule has 0 aromatic carbocycles. The standard InChI is InChI=1S/Al.Fe.H2O.O/h;;1H2;/q+3;;;-2/p-1. The summed E-state index contributed by atoms with van der Waals surface area (Å²) < 4.78 is 0. The number of hydrogen-bond donors (Lipinski definition) is 0. The molecule has 0 fully saturated rings. The third kappa shape index (κ3) is 12.2. The van der Waals surface area contributed by atoms with Gasteiger partial charge >= 0.3 is 17.4 Å². The first kappa shape index (κ1) is 83.0. The van der Waals surface area contributed by atoms with E-state index in [1.807, 2.05) is 0 Å². The van der Waals surface area contributed by atoms with Crippen LogP contribution in [0.1, 0.15) is 0 Å². The van der Waals surface area contributed by atoms with E-state index in [-0.39, 0.29) is 45.4 Å². The molecule has 0 aromatic rings. The maximum atomic E-state index is 0. The SMILES string of the molecule is [Al+3].[Fe].[O-2].[OH-]. The molecule has 0 aliphatic rings. The van der Waals surface area contributed by atoms with E-state index >= 15 is 0 Å². The fraction of sp³-hybridized carbons (Fsp3) is 0. The maximum Gasteiger partial charge on any atom is 3.00 e. The van der Waals surface area contributed by atoms with Crippen LogP contribution in [0.2, 0.25) is 0 Å². The van der Waals surface area contributed by atoms with E-state index < -0.39 is 0 Å². The zero-order valence-corrected chi connectivity index (χ0v) is 4.05. The van der Waals surface area contributed by atoms with Crippen LogP contribution in [-0.2, 0) is 22.5 Å². The predicted octanol–water partition coefficient (Wildman–Crippen LogP) is -0.679. The minimum Gasteiger partial charge on any atom is -2.00 e. The Hall–Kier alpha value is 0.972. The molecule has 24 valence electrons. The molecule has 1 N–H and O–H groups in total. The Bertz CT molecular complexity index is 6.00. The molecular weight excluding hydrogens is 115 g/mol. The fourth-order valence-corrected chi connectivity index (χ4v) is 0. The first-order valence-electron chi connectivity index (χ1n) is 0. The Morgan fingerprint density at radius 2 is 1.00 bits per heavy atom. The summed E-state index contributed by atoms with van der Waals surface area (Å²) in [5, 5.41) is 0. The molecule has 0 aromatic heterocycles. The van der Waals surface area contributed by atoms with Gasteiger partial charge in [-0.05, 0) is 0 Å². The molecule has 0 atom stereocenters. The van der Waals surface area contributed by atoms with Gasteiger partial charge in [0, 0.05) is 17.1 Å². The van der Waals surface area contributed by atoms with E-state index in [0.717, 1.165) is 0 Å². The Labute approximate surface area is 45.8 Å². The summed E-state index contributed by atoms with van der Waals surface area (Å²) in [6.45, 7) is 0. The molecule has 0 saturated carbocycles. The van der Waals surface area contributed by atoms with Crippen LogP contribution in [-0.4, -0.2) is 22.8 Å². The average Bonchev–Trinajstić information content (AvgIpc) is 0. The van der Waals surface area contributed by atoms with Crippen LogP contribution in [0.3, 0.4) is 0 Å². The Morgan fingerprint density at radius 3 is 1.00 bits per heavy atom. The topological polar surface area (TPSA) is 58.5 Å². The van der Waals surface area contributed by atoms with E-state index in [1.165, 1.54) is 0 Å². The fourth-order valence-electron chi connectivity index (χ4n) is 0. The van der Waals surface area contributed by atoms with Crippen LogP contribution in [0.15, 0.2) is 0 Å². The second-order valence-corrected chi connectivity index (χ2v) is 0. The van der Waals surface area contributed by atoms with E-state index in [2.05, 4.69) is 0 Å². The van der Waals surface area contributed by atoms with Crippen LogP contribution in [0, 0.1) is 0 Å². The van der Waals surface area contributed by atoms with Gasteiger partial charge < -0.3 is 11.0 Å². The van der Waals surface area contributed by atoms with E-state index in [4.69, 9.17) is 0 Å². The van der Waals surface area contributed by atoms with Gasteiger partial charge in [0.15, 0.2) is 0 Å². The Kier molecular flexibility index (Phi) is 771. The molecule has 0 spiro atoms. The largest absolute Gasteiger partial charge is 3.00 e. The van der Waals surface area contributed by atoms with Crippen molar-refractivity contribution >= 4 is 17.4 Å². The van der Waals surface area contributed by atoms with Gasteiger partial charge in [-0.1, -0.05) is 0 Å². The molecule has 0 heterocycles. The number of hydrogen-bond acceptors (Lipinski definition) is 1. The normalized spacial score (nSPS) is 0. The molecule has 4 heavy (non-hydrogen) atoms. The van der Waals surface area contributed by atoms with E-state index in [0.29, 0.717) is 0 Å². The summed E-state index contributed by atoms with van der Waals surface area (Å²) in [7, 11) is 0. The van der Waals surface area contributed by atoms with Crippen LogP contribution in [0.25, 0.3) is 0 Å². The molecule has 4 heteroatoms. The zero-order chi connectivity index (χ0) is 0.